The van der Waals surface area contributed by atoms with E-state index in [-0.39, 0.29) is 6.09 Å². The molecule has 0 spiro atoms. The Morgan fingerprint density at radius 1 is 1.09 bits per heavy atom. The van der Waals surface area contributed by atoms with Gasteiger partial charge in [-0.1, -0.05) is 12.1 Å². The fourth-order valence-corrected chi connectivity index (χ4v) is 4.02. The second-order valence-corrected chi connectivity index (χ2v) is 8.20. The third kappa shape index (κ3) is 4.01. The summed E-state index contributed by atoms with van der Waals surface area (Å²) in [6.07, 6.45) is 8.86. The number of hydrogen-bond donors (Lipinski definition) is 2. The van der Waals surface area contributed by atoms with Crippen LogP contribution in [0, 0.1) is 6.92 Å². The van der Waals surface area contributed by atoms with Crippen molar-refractivity contribution in [3.8, 4) is 11.1 Å². The summed E-state index contributed by atoms with van der Waals surface area (Å²) in [4.78, 5) is 20.8. The molecule has 5 heterocycles. The summed E-state index contributed by atoms with van der Waals surface area (Å²) in [7, 11) is 0. The maximum absolute atomic E-state index is 12.6. The molecule has 5 rings (SSSR count). The van der Waals surface area contributed by atoms with E-state index in [1.54, 1.807) is 17.3 Å². The van der Waals surface area contributed by atoms with Crippen LogP contribution in [0.4, 0.5) is 10.5 Å². The molecule has 1 amide bonds. The normalized spacial score (nSPS) is 15.2. The van der Waals surface area contributed by atoms with Gasteiger partial charge in [0.1, 0.15) is 0 Å². The minimum absolute atomic E-state index is 0.378. The average molecular weight is 450 g/mol. The maximum atomic E-state index is 12.6. The molecule has 0 aromatic carbocycles. The van der Waals surface area contributed by atoms with Crippen LogP contribution >= 0.6 is 12.6 Å². The van der Waals surface area contributed by atoms with Crippen LogP contribution in [-0.4, -0.2) is 62.0 Å². The van der Waals surface area contributed by atoms with E-state index >= 15 is 0 Å². The quantitative estimate of drug-likeness (QED) is 0.367. The van der Waals surface area contributed by atoms with Crippen LogP contribution in [0.15, 0.2) is 55.2 Å². The number of thiol groups is 1. The van der Waals surface area contributed by atoms with Gasteiger partial charge in [0.2, 0.25) is 0 Å². The molecule has 0 bridgehead atoms. The van der Waals surface area contributed by atoms with Gasteiger partial charge >= 0.3 is 6.09 Å². The first kappa shape index (κ1) is 20.4. The highest BCUT2D eigenvalue weighted by Crippen LogP contribution is 2.27. The number of hydrogen-bond acceptors (Lipinski definition) is 7. The van der Waals surface area contributed by atoms with Crippen molar-refractivity contribution in [1.29, 1.82) is 0 Å². The number of fused-ring (bicyclic) bond motifs is 1. The number of aromatic amines is 1. The number of aryl methyl sites for hydroxylation is 1. The smallest absolute Gasteiger partial charge is 0.411 e. The van der Waals surface area contributed by atoms with Gasteiger partial charge in [-0.15, -0.1) is 12.6 Å². The fraction of sp³-hybridized carbons (Fsp3) is 0.273. The number of nitrogens with zero attached hydrogens (tertiary/aromatic N) is 6. The number of aromatic nitrogens is 5. The Kier molecular flexibility index (Phi) is 5.44. The highest BCUT2D eigenvalue weighted by atomic mass is 32.1. The summed E-state index contributed by atoms with van der Waals surface area (Å²) < 4.78 is 7.38. The molecule has 1 N–H and O–H groups in total. The van der Waals surface area contributed by atoms with E-state index < -0.39 is 5.44 Å². The molecule has 9 nitrogen and oxygen atoms in total. The van der Waals surface area contributed by atoms with Gasteiger partial charge in [-0.05, 0) is 24.6 Å². The van der Waals surface area contributed by atoms with E-state index in [0.717, 1.165) is 27.9 Å². The molecule has 1 saturated heterocycles. The van der Waals surface area contributed by atoms with Crippen molar-refractivity contribution in [2.24, 2.45) is 0 Å². The number of anilines is 1. The third-order valence-electron chi connectivity index (χ3n) is 5.61. The van der Waals surface area contributed by atoms with Gasteiger partial charge in [0.15, 0.2) is 5.44 Å². The second kappa shape index (κ2) is 8.54. The number of carbonyl (C=O) groups excluding carboxylic acids is 1. The maximum Gasteiger partial charge on any atom is 0.411 e. The predicted octanol–water partition coefficient (Wildman–Crippen LogP) is 3.32. The van der Waals surface area contributed by atoms with Crippen molar-refractivity contribution in [2.75, 3.05) is 31.1 Å². The molecule has 0 radical (unpaired) electrons. The van der Waals surface area contributed by atoms with Crippen LogP contribution in [0.3, 0.4) is 0 Å². The fourth-order valence-electron chi connectivity index (χ4n) is 3.78. The standard InChI is InChI=1S/C22H23N7O2S/c1-15-2-4-18(23-10-15)21(32)31-22(30)28-8-6-27(7-9-28)20-13-26-29-14-16(3-5-19(20)29)17-11-24-25-12-17/h2-5,10-14,21,32H,6-9H2,1H3,(H,24,25). The van der Waals surface area contributed by atoms with E-state index in [1.807, 2.05) is 42.2 Å². The Morgan fingerprint density at radius 2 is 1.94 bits per heavy atom. The van der Waals surface area contributed by atoms with E-state index in [0.29, 0.717) is 31.9 Å². The van der Waals surface area contributed by atoms with Crippen molar-refractivity contribution in [1.82, 2.24) is 29.7 Å². The van der Waals surface area contributed by atoms with E-state index in [1.165, 1.54) is 0 Å². The molecule has 4 aromatic rings. The first-order valence-electron chi connectivity index (χ1n) is 10.4. The van der Waals surface area contributed by atoms with Gasteiger partial charge in [0.05, 0.1) is 29.3 Å². The van der Waals surface area contributed by atoms with Crippen LogP contribution < -0.4 is 4.90 Å². The first-order valence-corrected chi connectivity index (χ1v) is 10.9. The highest BCUT2D eigenvalue weighted by Gasteiger charge is 2.26. The number of ether oxygens (including phenoxy) is 1. The SMILES string of the molecule is Cc1ccc(C(S)OC(=O)N2CCN(c3cnn4cc(-c5cn[nH]c5)ccc34)CC2)nc1. The van der Waals surface area contributed by atoms with Gasteiger partial charge < -0.3 is 14.5 Å². The minimum atomic E-state index is -0.690. The van der Waals surface area contributed by atoms with Crippen LogP contribution in [0.5, 0.6) is 0 Å². The monoisotopic (exact) mass is 449 g/mol. The van der Waals surface area contributed by atoms with Crippen molar-refractivity contribution in [2.45, 2.75) is 12.4 Å². The molecule has 0 saturated carbocycles. The number of pyridine rings is 2. The van der Waals surface area contributed by atoms with Crippen LogP contribution in [0.2, 0.25) is 0 Å². The Balaban J connectivity index is 1.22. The topological polar surface area (TPSA) is 91.6 Å². The predicted molar refractivity (Wildman–Crippen MR) is 124 cm³/mol. The van der Waals surface area contributed by atoms with Gasteiger partial charge in [0, 0.05) is 55.9 Å². The lowest BCUT2D eigenvalue weighted by Crippen LogP contribution is -2.49. The molecular weight excluding hydrogens is 426 g/mol. The lowest BCUT2D eigenvalue weighted by molar-refractivity contribution is 0.0905. The Hall–Kier alpha value is -3.53. The van der Waals surface area contributed by atoms with Crippen molar-refractivity contribution >= 4 is 29.9 Å². The summed E-state index contributed by atoms with van der Waals surface area (Å²) in [6.45, 7) is 4.47. The molecule has 32 heavy (non-hydrogen) atoms. The summed E-state index contributed by atoms with van der Waals surface area (Å²) in [5.41, 5.74) is 5.10. The number of piperazine rings is 1. The van der Waals surface area contributed by atoms with Gasteiger partial charge in [-0.3, -0.25) is 10.1 Å². The summed E-state index contributed by atoms with van der Waals surface area (Å²) in [5, 5.41) is 11.4. The summed E-state index contributed by atoms with van der Waals surface area (Å²) in [5.74, 6) is 0. The summed E-state index contributed by atoms with van der Waals surface area (Å²) in [6, 6.07) is 7.87. The zero-order valence-electron chi connectivity index (χ0n) is 17.5. The summed E-state index contributed by atoms with van der Waals surface area (Å²) >= 11 is 4.39. The van der Waals surface area contributed by atoms with Gasteiger partial charge in [-0.2, -0.15) is 10.2 Å². The molecule has 1 atom stereocenters. The number of nitrogens with one attached hydrogen (secondary N) is 1. The Morgan fingerprint density at radius 3 is 2.66 bits per heavy atom. The molecule has 164 valence electrons. The second-order valence-electron chi connectivity index (χ2n) is 7.74. The third-order valence-corrected chi connectivity index (χ3v) is 5.98. The van der Waals surface area contributed by atoms with Crippen LogP contribution in [0.25, 0.3) is 16.6 Å². The number of H-pyrrole nitrogens is 1. The highest BCUT2D eigenvalue weighted by molar-refractivity contribution is 7.80. The first-order chi connectivity index (χ1) is 15.6. The van der Waals surface area contributed by atoms with Crippen molar-refractivity contribution in [3.63, 3.8) is 0 Å². The van der Waals surface area contributed by atoms with Crippen molar-refractivity contribution in [3.05, 3.63) is 66.5 Å². The zero-order chi connectivity index (χ0) is 22.1. The minimum Gasteiger partial charge on any atom is -0.429 e. The lowest BCUT2D eigenvalue weighted by atomic mass is 10.1. The zero-order valence-corrected chi connectivity index (χ0v) is 18.4. The molecule has 10 heteroatoms. The van der Waals surface area contributed by atoms with Gasteiger partial charge in [0.25, 0.3) is 0 Å². The van der Waals surface area contributed by atoms with E-state index in [9.17, 15) is 4.79 Å². The lowest BCUT2D eigenvalue weighted by Gasteiger charge is -2.35. The molecule has 1 fully saturated rings. The average Bonchev–Trinajstić information content (AvgIpc) is 3.49. The van der Waals surface area contributed by atoms with Crippen LogP contribution in [0.1, 0.15) is 16.7 Å². The Bertz CT molecular complexity index is 1220. The number of amides is 1. The number of rotatable bonds is 4. The molecule has 1 unspecified atom stereocenters. The Labute approximate surface area is 190 Å². The van der Waals surface area contributed by atoms with Gasteiger partial charge in [-0.25, -0.2) is 9.31 Å². The molecule has 4 aromatic heterocycles. The largest absolute Gasteiger partial charge is 0.429 e. The molecule has 0 aliphatic carbocycles. The molecule has 1 aliphatic rings. The van der Waals surface area contributed by atoms with Crippen molar-refractivity contribution < 1.29 is 9.53 Å². The number of carbonyl (C=O) groups is 1. The van der Waals surface area contributed by atoms with Crippen LogP contribution in [-0.2, 0) is 4.74 Å². The molecular formula is C22H23N7O2S. The van der Waals surface area contributed by atoms with E-state index in [2.05, 4.69) is 49.9 Å². The van der Waals surface area contributed by atoms with E-state index in [4.69, 9.17) is 4.74 Å². The molecule has 1 aliphatic heterocycles.